The summed E-state index contributed by atoms with van der Waals surface area (Å²) in [5.74, 6) is -0.176. The quantitative estimate of drug-likeness (QED) is 0.782. The Morgan fingerprint density at radius 2 is 2.18 bits per heavy atom. The van der Waals surface area contributed by atoms with Gasteiger partial charge in [0.05, 0.1) is 13.7 Å². The Morgan fingerprint density at radius 3 is 2.91 bits per heavy atom. The minimum atomic E-state index is -0.848. The third kappa shape index (κ3) is 4.21. The van der Waals surface area contributed by atoms with Gasteiger partial charge in [0.1, 0.15) is 11.8 Å². The molecule has 1 amide bonds. The van der Waals surface area contributed by atoms with Gasteiger partial charge in [0.25, 0.3) is 0 Å². The predicted molar refractivity (Wildman–Crippen MR) is 81.9 cm³/mol. The molecule has 6 heteroatoms. The number of amides is 1. The monoisotopic (exact) mass is 306 g/mol. The summed E-state index contributed by atoms with van der Waals surface area (Å²) < 4.78 is 5.26. The summed E-state index contributed by atoms with van der Waals surface area (Å²) in [5.41, 5.74) is 1.04. The molecule has 1 saturated heterocycles. The number of ether oxygens (including phenoxy) is 1. The van der Waals surface area contributed by atoms with Gasteiger partial charge in [-0.1, -0.05) is 18.2 Å². The molecule has 0 saturated carbocycles. The van der Waals surface area contributed by atoms with Crippen LogP contribution in [0.25, 0.3) is 0 Å². The van der Waals surface area contributed by atoms with E-state index >= 15 is 0 Å². The van der Waals surface area contributed by atoms with E-state index in [-0.39, 0.29) is 12.5 Å². The Hall–Kier alpha value is -2.08. The number of carboxylic acid groups (broad SMARTS) is 1. The molecule has 2 N–H and O–H groups in total. The number of aliphatic carboxylic acids is 1. The molecule has 2 rings (SSSR count). The molecule has 0 unspecified atom stereocenters. The molecule has 1 heterocycles. The van der Waals surface area contributed by atoms with Crippen molar-refractivity contribution in [3.63, 3.8) is 0 Å². The molecule has 1 aromatic rings. The van der Waals surface area contributed by atoms with Crippen LogP contribution < -0.4 is 10.1 Å². The third-order valence-corrected chi connectivity index (χ3v) is 3.90. The lowest BCUT2D eigenvalue weighted by molar-refractivity contribution is -0.142. The first-order valence-corrected chi connectivity index (χ1v) is 7.47. The fraction of sp³-hybridized carbons (Fsp3) is 0.500. The van der Waals surface area contributed by atoms with Crippen LogP contribution in [0.5, 0.6) is 5.75 Å². The van der Waals surface area contributed by atoms with E-state index in [1.165, 1.54) is 0 Å². The van der Waals surface area contributed by atoms with E-state index in [0.717, 1.165) is 17.7 Å². The van der Waals surface area contributed by atoms with Crippen molar-refractivity contribution in [2.75, 3.05) is 26.7 Å². The second kappa shape index (κ2) is 7.79. The van der Waals surface area contributed by atoms with Gasteiger partial charge in [0.15, 0.2) is 0 Å². The minimum absolute atomic E-state index is 0.136. The average molecular weight is 306 g/mol. The molecule has 1 aromatic carbocycles. The number of nitrogens with zero attached hydrogens (tertiary/aromatic N) is 1. The summed E-state index contributed by atoms with van der Waals surface area (Å²) in [5, 5.41) is 11.9. The number of hydrogen-bond donors (Lipinski definition) is 2. The van der Waals surface area contributed by atoms with E-state index in [2.05, 4.69) is 5.32 Å². The number of carboxylic acids is 1. The number of para-hydroxylation sites is 1. The average Bonchev–Trinajstić information content (AvgIpc) is 2.96. The van der Waals surface area contributed by atoms with Crippen LogP contribution in [0.15, 0.2) is 24.3 Å². The highest BCUT2D eigenvalue weighted by atomic mass is 16.5. The maximum absolute atomic E-state index is 11.9. The van der Waals surface area contributed by atoms with Crippen molar-refractivity contribution in [2.45, 2.75) is 25.3 Å². The summed E-state index contributed by atoms with van der Waals surface area (Å²) in [6, 6.07) is 7.16. The molecule has 1 fully saturated rings. The van der Waals surface area contributed by atoms with Gasteiger partial charge < -0.3 is 15.2 Å². The molecule has 22 heavy (non-hydrogen) atoms. The smallest absolute Gasteiger partial charge is 0.320 e. The fourth-order valence-corrected chi connectivity index (χ4v) is 2.78. The number of carbonyl (C=O) groups excluding carboxylic acids is 1. The summed E-state index contributed by atoms with van der Waals surface area (Å²) in [4.78, 5) is 24.7. The highest BCUT2D eigenvalue weighted by Crippen LogP contribution is 2.18. The van der Waals surface area contributed by atoms with Crippen molar-refractivity contribution in [1.29, 1.82) is 0 Å². The Bertz CT molecular complexity index is 533. The number of carbonyl (C=O) groups is 2. The number of hydrogen-bond acceptors (Lipinski definition) is 4. The van der Waals surface area contributed by atoms with Crippen LogP contribution in [0.2, 0.25) is 0 Å². The standard InChI is InChI=1S/C16H22N2O4/c1-22-14-7-3-2-5-12(14)8-9-17-15(19)11-18-10-4-6-13(18)16(20)21/h2-3,5,7,13H,4,6,8-11H2,1H3,(H,17,19)(H,20,21)/t13-/m1/s1. The van der Waals surface area contributed by atoms with Crippen LogP contribution in [-0.2, 0) is 16.0 Å². The number of benzene rings is 1. The Morgan fingerprint density at radius 1 is 1.41 bits per heavy atom. The van der Waals surface area contributed by atoms with E-state index in [9.17, 15) is 9.59 Å². The van der Waals surface area contributed by atoms with Crippen LogP contribution >= 0.6 is 0 Å². The van der Waals surface area contributed by atoms with E-state index < -0.39 is 12.0 Å². The van der Waals surface area contributed by atoms with E-state index in [1.54, 1.807) is 12.0 Å². The third-order valence-electron chi connectivity index (χ3n) is 3.90. The molecule has 0 bridgehead atoms. The topological polar surface area (TPSA) is 78.9 Å². The van der Waals surface area contributed by atoms with Gasteiger partial charge in [-0.3, -0.25) is 14.5 Å². The second-order valence-electron chi connectivity index (χ2n) is 5.38. The summed E-state index contributed by atoms with van der Waals surface area (Å²) in [6.07, 6.45) is 2.12. The van der Waals surface area contributed by atoms with E-state index in [4.69, 9.17) is 9.84 Å². The van der Waals surface area contributed by atoms with Crippen molar-refractivity contribution >= 4 is 11.9 Å². The molecule has 0 spiro atoms. The number of likely N-dealkylation sites (tertiary alicyclic amines) is 1. The van der Waals surface area contributed by atoms with Crippen molar-refractivity contribution in [3.05, 3.63) is 29.8 Å². The highest BCUT2D eigenvalue weighted by Gasteiger charge is 2.31. The van der Waals surface area contributed by atoms with Gasteiger partial charge in [0.2, 0.25) is 5.91 Å². The SMILES string of the molecule is COc1ccccc1CCNC(=O)CN1CCC[C@@H]1C(=O)O. The zero-order valence-electron chi connectivity index (χ0n) is 12.7. The van der Waals surface area contributed by atoms with Crippen LogP contribution in [0.4, 0.5) is 0 Å². The minimum Gasteiger partial charge on any atom is -0.496 e. The van der Waals surface area contributed by atoms with E-state index in [1.807, 2.05) is 24.3 Å². The number of rotatable bonds is 7. The normalized spacial score (nSPS) is 18.1. The Balaban J connectivity index is 1.77. The molecule has 1 aliphatic heterocycles. The zero-order chi connectivity index (χ0) is 15.9. The summed E-state index contributed by atoms with van der Waals surface area (Å²) >= 11 is 0. The van der Waals surface area contributed by atoms with Gasteiger partial charge >= 0.3 is 5.97 Å². The van der Waals surface area contributed by atoms with Crippen LogP contribution in [-0.4, -0.2) is 54.7 Å². The molecule has 6 nitrogen and oxygen atoms in total. The predicted octanol–water partition coefficient (Wildman–Crippen LogP) is 0.903. The lowest BCUT2D eigenvalue weighted by Gasteiger charge is -2.20. The maximum atomic E-state index is 11.9. The van der Waals surface area contributed by atoms with Gasteiger partial charge in [-0.15, -0.1) is 0 Å². The van der Waals surface area contributed by atoms with Crippen molar-refractivity contribution in [2.24, 2.45) is 0 Å². The number of nitrogens with one attached hydrogen (secondary N) is 1. The van der Waals surface area contributed by atoms with Crippen LogP contribution in [0.1, 0.15) is 18.4 Å². The number of methoxy groups -OCH3 is 1. The fourth-order valence-electron chi connectivity index (χ4n) is 2.78. The first kappa shape index (κ1) is 16.3. The molecule has 0 aliphatic carbocycles. The van der Waals surface area contributed by atoms with Crippen LogP contribution in [0.3, 0.4) is 0 Å². The Kier molecular flexibility index (Phi) is 5.77. The lowest BCUT2D eigenvalue weighted by Crippen LogP contribution is -2.43. The largest absolute Gasteiger partial charge is 0.496 e. The van der Waals surface area contributed by atoms with E-state index in [0.29, 0.717) is 25.9 Å². The first-order chi connectivity index (χ1) is 10.6. The van der Waals surface area contributed by atoms with Gasteiger partial charge in [-0.2, -0.15) is 0 Å². The van der Waals surface area contributed by atoms with Crippen molar-refractivity contribution in [3.8, 4) is 5.75 Å². The maximum Gasteiger partial charge on any atom is 0.320 e. The molecule has 1 atom stereocenters. The molecular weight excluding hydrogens is 284 g/mol. The van der Waals surface area contributed by atoms with Gasteiger partial charge in [0, 0.05) is 6.54 Å². The van der Waals surface area contributed by atoms with Gasteiger partial charge in [-0.05, 0) is 37.4 Å². The van der Waals surface area contributed by atoms with Crippen molar-refractivity contribution in [1.82, 2.24) is 10.2 Å². The summed E-state index contributed by atoms with van der Waals surface area (Å²) in [7, 11) is 1.62. The lowest BCUT2D eigenvalue weighted by atomic mass is 10.1. The Labute approximate surface area is 130 Å². The molecule has 120 valence electrons. The van der Waals surface area contributed by atoms with Crippen LogP contribution in [0, 0.1) is 0 Å². The van der Waals surface area contributed by atoms with Gasteiger partial charge in [-0.25, -0.2) is 0 Å². The highest BCUT2D eigenvalue weighted by molar-refractivity contribution is 5.80. The molecule has 0 radical (unpaired) electrons. The zero-order valence-corrected chi connectivity index (χ0v) is 12.7. The second-order valence-corrected chi connectivity index (χ2v) is 5.38. The molecule has 1 aliphatic rings. The molecule has 0 aromatic heterocycles. The molecular formula is C16H22N2O4. The van der Waals surface area contributed by atoms with Crippen molar-refractivity contribution < 1.29 is 19.4 Å². The summed E-state index contributed by atoms with van der Waals surface area (Å²) in [6.45, 7) is 1.31. The first-order valence-electron chi connectivity index (χ1n) is 7.47.